The summed E-state index contributed by atoms with van der Waals surface area (Å²) >= 11 is 0. The molecule has 7 heteroatoms. The number of aryl methyl sites for hydroxylation is 3. The van der Waals surface area contributed by atoms with Gasteiger partial charge in [-0.1, -0.05) is 0 Å². The smallest absolute Gasteiger partial charge is 0.251 e. The van der Waals surface area contributed by atoms with Crippen LogP contribution in [0.3, 0.4) is 0 Å². The molecule has 0 aromatic carbocycles. The summed E-state index contributed by atoms with van der Waals surface area (Å²) in [6, 6.07) is 1.92. The first kappa shape index (κ1) is 17.5. The maximum absolute atomic E-state index is 12.6. The molecule has 2 aromatic heterocycles. The van der Waals surface area contributed by atoms with Crippen LogP contribution in [-0.4, -0.2) is 54.9 Å². The maximum atomic E-state index is 12.6. The van der Waals surface area contributed by atoms with Crippen molar-refractivity contribution in [2.24, 2.45) is 0 Å². The van der Waals surface area contributed by atoms with E-state index in [1.165, 1.54) is 0 Å². The van der Waals surface area contributed by atoms with Crippen LogP contribution >= 0.6 is 0 Å². The fourth-order valence-electron chi connectivity index (χ4n) is 3.31. The van der Waals surface area contributed by atoms with Gasteiger partial charge in [-0.2, -0.15) is 5.10 Å². The summed E-state index contributed by atoms with van der Waals surface area (Å²) < 4.78 is 1.72. The van der Waals surface area contributed by atoms with E-state index in [0.717, 1.165) is 28.3 Å². The highest BCUT2D eigenvalue weighted by Gasteiger charge is 2.24. The highest BCUT2D eigenvalue weighted by molar-refractivity contribution is 5.79. The maximum Gasteiger partial charge on any atom is 0.251 e. The third kappa shape index (κ3) is 3.71. The number of amides is 1. The van der Waals surface area contributed by atoms with Crippen molar-refractivity contribution in [1.29, 1.82) is 0 Å². The van der Waals surface area contributed by atoms with Gasteiger partial charge in [-0.3, -0.25) is 4.79 Å². The van der Waals surface area contributed by atoms with Gasteiger partial charge < -0.3 is 10.0 Å². The Kier molecular flexibility index (Phi) is 4.85. The fraction of sp³-hybridized carbons (Fsp3) is 0.556. The van der Waals surface area contributed by atoms with Crippen molar-refractivity contribution < 1.29 is 9.90 Å². The molecule has 0 saturated carbocycles. The average Bonchev–Trinajstić information content (AvgIpc) is 2.82. The molecule has 0 radical (unpaired) electrons. The molecule has 1 aliphatic rings. The molecule has 134 valence electrons. The zero-order valence-corrected chi connectivity index (χ0v) is 15.3. The SMILES string of the molecule is Cc1cc(C)nc(-n2nc(C)c(CC(=O)N3CCC(O)CC3)c2C)n1. The number of aliphatic hydroxyl groups is 1. The molecular weight excluding hydrogens is 318 g/mol. The van der Waals surface area contributed by atoms with Gasteiger partial charge in [0.15, 0.2) is 0 Å². The van der Waals surface area contributed by atoms with Gasteiger partial charge in [0.1, 0.15) is 0 Å². The zero-order chi connectivity index (χ0) is 18.1. The Morgan fingerprint density at radius 1 is 1.16 bits per heavy atom. The summed E-state index contributed by atoms with van der Waals surface area (Å²) in [7, 11) is 0. The van der Waals surface area contributed by atoms with Crippen LogP contribution in [0.5, 0.6) is 0 Å². The third-order valence-electron chi connectivity index (χ3n) is 4.75. The minimum atomic E-state index is -0.281. The van der Waals surface area contributed by atoms with E-state index < -0.39 is 0 Å². The van der Waals surface area contributed by atoms with Crippen molar-refractivity contribution in [2.75, 3.05) is 13.1 Å². The number of hydrogen-bond donors (Lipinski definition) is 1. The summed E-state index contributed by atoms with van der Waals surface area (Å²) in [6.07, 6.45) is 1.34. The van der Waals surface area contributed by atoms with Gasteiger partial charge in [-0.15, -0.1) is 0 Å². The molecule has 1 saturated heterocycles. The summed E-state index contributed by atoms with van der Waals surface area (Å²) in [5, 5.41) is 14.1. The quantitative estimate of drug-likeness (QED) is 0.911. The molecule has 3 heterocycles. The van der Waals surface area contributed by atoms with Gasteiger partial charge >= 0.3 is 0 Å². The van der Waals surface area contributed by atoms with Gasteiger partial charge in [0, 0.05) is 35.7 Å². The largest absolute Gasteiger partial charge is 0.393 e. The first-order valence-corrected chi connectivity index (χ1v) is 8.68. The van der Waals surface area contributed by atoms with Crippen LogP contribution < -0.4 is 0 Å². The number of rotatable bonds is 3. The molecule has 0 aliphatic carbocycles. The zero-order valence-electron chi connectivity index (χ0n) is 15.3. The van der Waals surface area contributed by atoms with Crippen LogP contribution in [0.4, 0.5) is 0 Å². The molecule has 2 aromatic rings. The van der Waals surface area contributed by atoms with Crippen molar-refractivity contribution >= 4 is 5.91 Å². The lowest BCUT2D eigenvalue weighted by molar-refractivity contribution is -0.132. The van der Waals surface area contributed by atoms with Crippen molar-refractivity contribution in [2.45, 2.75) is 53.1 Å². The monoisotopic (exact) mass is 343 g/mol. The Hall–Kier alpha value is -2.28. The van der Waals surface area contributed by atoms with Crippen LogP contribution in [0.1, 0.15) is 41.2 Å². The first-order chi connectivity index (χ1) is 11.8. The predicted molar refractivity (Wildman–Crippen MR) is 93.6 cm³/mol. The minimum Gasteiger partial charge on any atom is -0.393 e. The van der Waals surface area contributed by atoms with Crippen molar-refractivity contribution in [3.8, 4) is 5.95 Å². The Balaban J connectivity index is 1.83. The summed E-state index contributed by atoms with van der Waals surface area (Å²) in [6.45, 7) is 8.95. The number of likely N-dealkylation sites (tertiary alicyclic amines) is 1. The van der Waals surface area contributed by atoms with E-state index in [2.05, 4.69) is 15.1 Å². The minimum absolute atomic E-state index is 0.0824. The molecule has 0 spiro atoms. The van der Waals surface area contributed by atoms with Crippen molar-refractivity contribution in [3.63, 3.8) is 0 Å². The highest BCUT2D eigenvalue weighted by atomic mass is 16.3. The topological polar surface area (TPSA) is 84.1 Å². The Morgan fingerprint density at radius 2 is 1.76 bits per heavy atom. The lowest BCUT2D eigenvalue weighted by Gasteiger charge is -2.29. The number of aromatic nitrogens is 4. The normalized spacial score (nSPS) is 15.6. The highest BCUT2D eigenvalue weighted by Crippen LogP contribution is 2.19. The van der Waals surface area contributed by atoms with E-state index in [-0.39, 0.29) is 12.0 Å². The Morgan fingerprint density at radius 3 is 2.36 bits per heavy atom. The molecule has 1 N–H and O–H groups in total. The first-order valence-electron chi connectivity index (χ1n) is 8.68. The summed E-state index contributed by atoms with van der Waals surface area (Å²) in [5.41, 5.74) is 4.43. The second kappa shape index (κ2) is 6.92. The third-order valence-corrected chi connectivity index (χ3v) is 4.75. The van der Waals surface area contributed by atoms with Gasteiger partial charge in [0.05, 0.1) is 18.2 Å². The van der Waals surface area contributed by atoms with E-state index in [1.54, 1.807) is 4.68 Å². The lowest BCUT2D eigenvalue weighted by atomic mass is 10.1. The van der Waals surface area contributed by atoms with Gasteiger partial charge in [0.25, 0.3) is 5.95 Å². The number of carbonyl (C=O) groups excluding carboxylic acids is 1. The summed E-state index contributed by atoms with van der Waals surface area (Å²) in [5.74, 6) is 0.622. The van der Waals surface area contributed by atoms with Crippen molar-refractivity contribution in [1.82, 2.24) is 24.6 Å². The number of carbonyl (C=O) groups is 1. The Labute approximate surface area is 147 Å². The van der Waals surface area contributed by atoms with Crippen LogP contribution in [0.25, 0.3) is 5.95 Å². The van der Waals surface area contributed by atoms with Crippen LogP contribution in [0.15, 0.2) is 6.07 Å². The number of nitrogens with zero attached hydrogens (tertiary/aromatic N) is 5. The van der Waals surface area contributed by atoms with Gasteiger partial charge in [0.2, 0.25) is 5.91 Å². The standard InChI is InChI=1S/C18H25N5O2/c1-11-9-12(2)20-18(19-11)23-14(4)16(13(3)21-23)10-17(25)22-7-5-15(24)6-8-22/h9,15,24H,5-8,10H2,1-4H3. The molecule has 1 amide bonds. The van der Waals surface area contributed by atoms with Gasteiger partial charge in [-0.25, -0.2) is 14.6 Å². The van der Waals surface area contributed by atoms with E-state index in [0.29, 0.717) is 38.3 Å². The summed E-state index contributed by atoms with van der Waals surface area (Å²) in [4.78, 5) is 23.4. The molecule has 0 bridgehead atoms. The molecule has 3 rings (SSSR count). The van der Waals surface area contributed by atoms with Crippen LogP contribution in [0, 0.1) is 27.7 Å². The second-order valence-corrected chi connectivity index (χ2v) is 6.80. The van der Waals surface area contributed by atoms with Crippen molar-refractivity contribution in [3.05, 3.63) is 34.4 Å². The molecule has 1 fully saturated rings. The van der Waals surface area contributed by atoms with E-state index in [4.69, 9.17) is 0 Å². The Bertz CT molecular complexity index is 771. The number of piperidine rings is 1. The fourth-order valence-corrected chi connectivity index (χ4v) is 3.31. The molecule has 0 atom stereocenters. The number of hydrogen-bond acceptors (Lipinski definition) is 5. The lowest BCUT2D eigenvalue weighted by Crippen LogP contribution is -2.40. The molecular formula is C18H25N5O2. The molecule has 0 unspecified atom stereocenters. The van der Waals surface area contributed by atoms with E-state index >= 15 is 0 Å². The predicted octanol–water partition coefficient (Wildman–Crippen LogP) is 1.42. The van der Waals surface area contributed by atoms with Gasteiger partial charge in [-0.05, 0) is 46.6 Å². The molecule has 1 aliphatic heterocycles. The average molecular weight is 343 g/mol. The van der Waals surface area contributed by atoms with E-state index in [1.807, 2.05) is 38.7 Å². The molecule has 7 nitrogen and oxygen atoms in total. The number of aliphatic hydroxyl groups excluding tert-OH is 1. The van der Waals surface area contributed by atoms with Crippen LogP contribution in [0.2, 0.25) is 0 Å². The van der Waals surface area contributed by atoms with E-state index in [9.17, 15) is 9.90 Å². The van der Waals surface area contributed by atoms with Crippen LogP contribution in [-0.2, 0) is 11.2 Å². The molecule has 25 heavy (non-hydrogen) atoms. The second-order valence-electron chi connectivity index (χ2n) is 6.80.